The molecule has 0 fully saturated rings. The highest BCUT2D eigenvalue weighted by atomic mass is 16.1. The highest BCUT2D eigenvalue weighted by molar-refractivity contribution is 5.61. The number of pyridine rings is 1. The van der Waals surface area contributed by atoms with Gasteiger partial charge in [0.25, 0.3) is 5.56 Å². The van der Waals surface area contributed by atoms with E-state index in [0.717, 1.165) is 17.5 Å². The van der Waals surface area contributed by atoms with E-state index in [1.807, 2.05) is 66.9 Å². The fourth-order valence-electron chi connectivity index (χ4n) is 2.44. The molecular weight excluding hydrogens is 258 g/mol. The van der Waals surface area contributed by atoms with Crippen molar-refractivity contribution in [3.63, 3.8) is 0 Å². The Bertz CT molecular complexity index is 760. The van der Waals surface area contributed by atoms with Gasteiger partial charge in [-0.2, -0.15) is 0 Å². The van der Waals surface area contributed by atoms with E-state index in [2.05, 4.69) is 12.1 Å². The summed E-state index contributed by atoms with van der Waals surface area (Å²) in [5.41, 5.74) is 3.04. The first-order valence-corrected chi connectivity index (χ1v) is 7.13. The largest absolute Gasteiger partial charge is 0.315 e. The van der Waals surface area contributed by atoms with Crippen molar-refractivity contribution < 1.29 is 0 Å². The maximum absolute atomic E-state index is 12.6. The Morgan fingerprint density at radius 3 is 2.14 bits per heavy atom. The molecule has 0 aliphatic rings. The molecule has 2 aromatic carbocycles. The minimum absolute atomic E-state index is 0.0691. The van der Waals surface area contributed by atoms with Crippen LogP contribution in [0, 0.1) is 0 Å². The Morgan fingerprint density at radius 2 is 1.43 bits per heavy atom. The fraction of sp³-hybridized carbons (Fsp3) is 0.105. The number of hydrogen-bond acceptors (Lipinski definition) is 1. The topological polar surface area (TPSA) is 22.0 Å². The molecule has 0 radical (unpaired) electrons. The Kier molecular flexibility index (Phi) is 3.97. The standard InChI is InChI=1S/C19H17NO/c21-19-18(17-10-5-2-6-11-17)12-7-14-20(19)15-13-16-8-3-1-4-9-16/h1-12,14H,13,15H2. The molecule has 0 bridgehead atoms. The average molecular weight is 275 g/mol. The van der Waals surface area contributed by atoms with Crippen molar-refractivity contribution in [2.24, 2.45) is 0 Å². The zero-order valence-corrected chi connectivity index (χ0v) is 11.8. The van der Waals surface area contributed by atoms with Gasteiger partial charge < -0.3 is 4.57 Å². The lowest BCUT2D eigenvalue weighted by Gasteiger charge is -2.08. The molecule has 21 heavy (non-hydrogen) atoms. The summed E-state index contributed by atoms with van der Waals surface area (Å²) in [6.45, 7) is 0.698. The summed E-state index contributed by atoms with van der Waals surface area (Å²) >= 11 is 0. The second-order valence-electron chi connectivity index (χ2n) is 5.02. The summed E-state index contributed by atoms with van der Waals surface area (Å²) in [6.07, 6.45) is 2.72. The third kappa shape index (κ3) is 3.11. The summed E-state index contributed by atoms with van der Waals surface area (Å²) in [6, 6.07) is 23.9. The van der Waals surface area contributed by atoms with Gasteiger partial charge in [0.1, 0.15) is 0 Å². The highest BCUT2D eigenvalue weighted by Crippen LogP contribution is 2.14. The predicted octanol–water partition coefficient (Wildman–Crippen LogP) is 3.76. The fourth-order valence-corrected chi connectivity index (χ4v) is 2.44. The molecular formula is C19H17NO. The second-order valence-corrected chi connectivity index (χ2v) is 5.02. The predicted molar refractivity (Wildman–Crippen MR) is 86.3 cm³/mol. The van der Waals surface area contributed by atoms with Crippen molar-refractivity contribution in [3.8, 4) is 11.1 Å². The van der Waals surface area contributed by atoms with Crippen LogP contribution in [-0.2, 0) is 13.0 Å². The second kappa shape index (κ2) is 6.23. The minimum Gasteiger partial charge on any atom is -0.315 e. The first-order valence-electron chi connectivity index (χ1n) is 7.13. The molecule has 0 amide bonds. The van der Waals surface area contributed by atoms with Crippen molar-refractivity contribution in [2.45, 2.75) is 13.0 Å². The van der Waals surface area contributed by atoms with E-state index in [0.29, 0.717) is 6.54 Å². The van der Waals surface area contributed by atoms with Crippen LogP contribution in [0.4, 0.5) is 0 Å². The van der Waals surface area contributed by atoms with Gasteiger partial charge in [0.05, 0.1) is 0 Å². The Balaban J connectivity index is 1.86. The molecule has 3 rings (SSSR count). The molecule has 0 unspecified atom stereocenters. The van der Waals surface area contributed by atoms with Gasteiger partial charge in [-0.3, -0.25) is 4.79 Å². The highest BCUT2D eigenvalue weighted by Gasteiger charge is 2.05. The molecule has 0 saturated carbocycles. The quantitative estimate of drug-likeness (QED) is 0.710. The van der Waals surface area contributed by atoms with Crippen LogP contribution in [0.3, 0.4) is 0 Å². The van der Waals surface area contributed by atoms with Crippen LogP contribution in [0.25, 0.3) is 11.1 Å². The van der Waals surface area contributed by atoms with E-state index in [1.165, 1.54) is 5.56 Å². The minimum atomic E-state index is 0.0691. The normalized spacial score (nSPS) is 10.5. The molecule has 2 heteroatoms. The lowest BCUT2D eigenvalue weighted by atomic mass is 10.1. The Morgan fingerprint density at radius 1 is 0.762 bits per heavy atom. The molecule has 0 aliphatic carbocycles. The number of rotatable bonds is 4. The maximum atomic E-state index is 12.6. The van der Waals surface area contributed by atoms with Crippen LogP contribution < -0.4 is 5.56 Å². The van der Waals surface area contributed by atoms with Gasteiger partial charge in [0.2, 0.25) is 0 Å². The molecule has 0 atom stereocenters. The van der Waals surface area contributed by atoms with Gasteiger partial charge in [0, 0.05) is 18.3 Å². The van der Waals surface area contributed by atoms with Crippen LogP contribution in [0.2, 0.25) is 0 Å². The van der Waals surface area contributed by atoms with E-state index in [9.17, 15) is 4.79 Å². The number of hydrogen-bond donors (Lipinski definition) is 0. The first kappa shape index (κ1) is 13.4. The molecule has 1 heterocycles. The summed E-state index contributed by atoms with van der Waals surface area (Å²) in [5.74, 6) is 0. The van der Waals surface area contributed by atoms with Crippen molar-refractivity contribution in [2.75, 3.05) is 0 Å². The molecule has 1 aromatic heterocycles. The summed E-state index contributed by atoms with van der Waals surface area (Å²) in [5, 5.41) is 0. The zero-order valence-electron chi connectivity index (χ0n) is 11.8. The van der Waals surface area contributed by atoms with E-state index in [-0.39, 0.29) is 5.56 Å². The van der Waals surface area contributed by atoms with E-state index in [4.69, 9.17) is 0 Å². The lowest BCUT2D eigenvalue weighted by Crippen LogP contribution is -2.21. The Labute approximate surface area is 124 Å². The van der Waals surface area contributed by atoms with Crippen molar-refractivity contribution in [1.29, 1.82) is 0 Å². The number of nitrogens with zero attached hydrogens (tertiary/aromatic N) is 1. The summed E-state index contributed by atoms with van der Waals surface area (Å²) in [7, 11) is 0. The van der Waals surface area contributed by atoms with Gasteiger partial charge in [-0.05, 0) is 29.7 Å². The van der Waals surface area contributed by atoms with E-state index >= 15 is 0 Å². The SMILES string of the molecule is O=c1c(-c2ccccc2)cccn1CCc1ccccc1. The molecule has 104 valence electrons. The zero-order chi connectivity index (χ0) is 14.5. The van der Waals surface area contributed by atoms with Gasteiger partial charge in [-0.25, -0.2) is 0 Å². The van der Waals surface area contributed by atoms with Crippen molar-refractivity contribution >= 4 is 0 Å². The van der Waals surface area contributed by atoms with Crippen molar-refractivity contribution in [3.05, 3.63) is 94.9 Å². The molecule has 0 spiro atoms. The van der Waals surface area contributed by atoms with Crippen LogP contribution in [0.1, 0.15) is 5.56 Å². The third-order valence-electron chi connectivity index (χ3n) is 3.59. The monoisotopic (exact) mass is 275 g/mol. The average Bonchev–Trinajstić information content (AvgIpc) is 2.56. The third-order valence-corrected chi connectivity index (χ3v) is 3.59. The lowest BCUT2D eigenvalue weighted by molar-refractivity contribution is 0.671. The van der Waals surface area contributed by atoms with Gasteiger partial charge >= 0.3 is 0 Å². The van der Waals surface area contributed by atoms with Crippen LogP contribution in [0.15, 0.2) is 83.8 Å². The summed E-state index contributed by atoms with van der Waals surface area (Å²) < 4.78 is 1.79. The molecule has 0 aliphatic heterocycles. The van der Waals surface area contributed by atoms with Gasteiger partial charge in [0.15, 0.2) is 0 Å². The smallest absolute Gasteiger partial charge is 0.258 e. The van der Waals surface area contributed by atoms with Gasteiger partial charge in [-0.1, -0.05) is 60.7 Å². The van der Waals surface area contributed by atoms with Gasteiger partial charge in [-0.15, -0.1) is 0 Å². The van der Waals surface area contributed by atoms with Crippen LogP contribution in [-0.4, -0.2) is 4.57 Å². The van der Waals surface area contributed by atoms with E-state index < -0.39 is 0 Å². The maximum Gasteiger partial charge on any atom is 0.258 e. The number of aryl methyl sites for hydroxylation is 2. The van der Waals surface area contributed by atoms with Crippen LogP contribution in [0.5, 0.6) is 0 Å². The number of aromatic nitrogens is 1. The van der Waals surface area contributed by atoms with Crippen LogP contribution >= 0.6 is 0 Å². The Hall–Kier alpha value is -2.61. The molecule has 3 aromatic rings. The molecule has 2 nitrogen and oxygen atoms in total. The van der Waals surface area contributed by atoms with E-state index in [1.54, 1.807) is 4.57 Å². The first-order chi connectivity index (χ1) is 10.3. The summed E-state index contributed by atoms with van der Waals surface area (Å²) in [4.78, 5) is 12.6. The molecule has 0 saturated heterocycles. The molecule has 0 N–H and O–H groups in total. The van der Waals surface area contributed by atoms with Crippen molar-refractivity contribution in [1.82, 2.24) is 4.57 Å². The number of benzene rings is 2.